The molecule has 3 nitrogen and oxygen atoms in total. The summed E-state index contributed by atoms with van der Waals surface area (Å²) in [5.41, 5.74) is 1.23. The van der Waals surface area contributed by atoms with Gasteiger partial charge in [0.2, 0.25) is 0 Å². The van der Waals surface area contributed by atoms with E-state index >= 15 is 0 Å². The molecule has 1 aliphatic rings. The summed E-state index contributed by atoms with van der Waals surface area (Å²) in [4.78, 5) is 2.39. The molecular weight excluding hydrogens is 236 g/mol. The number of para-hydroxylation sites is 1. The quantitative estimate of drug-likeness (QED) is 0.795. The van der Waals surface area contributed by atoms with E-state index in [1.807, 2.05) is 12.1 Å². The van der Waals surface area contributed by atoms with Gasteiger partial charge in [0.1, 0.15) is 12.4 Å². The van der Waals surface area contributed by atoms with Crippen LogP contribution in [-0.4, -0.2) is 37.7 Å². The number of likely N-dealkylation sites (tertiary alicyclic amines) is 1. The SMILES string of the molecule is C=CCOc1ccccc1CNC1CCN(C)CC1. The van der Waals surface area contributed by atoms with Crippen molar-refractivity contribution < 1.29 is 4.74 Å². The van der Waals surface area contributed by atoms with Gasteiger partial charge in [-0.2, -0.15) is 0 Å². The number of hydrogen-bond acceptors (Lipinski definition) is 3. The molecule has 1 saturated heterocycles. The lowest BCUT2D eigenvalue weighted by Crippen LogP contribution is -2.40. The first-order valence-electron chi connectivity index (χ1n) is 7.03. The van der Waals surface area contributed by atoms with Gasteiger partial charge in [-0.15, -0.1) is 0 Å². The molecule has 0 bridgehead atoms. The minimum absolute atomic E-state index is 0.561. The van der Waals surface area contributed by atoms with Crippen molar-refractivity contribution >= 4 is 0 Å². The van der Waals surface area contributed by atoms with Gasteiger partial charge in [0.25, 0.3) is 0 Å². The minimum atomic E-state index is 0.561. The standard InChI is InChI=1S/C16H24N2O/c1-3-12-19-16-7-5-4-6-14(16)13-17-15-8-10-18(2)11-9-15/h3-7,15,17H,1,8-13H2,2H3. The second-order valence-corrected chi connectivity index (χ2v) is 5.17. The highest BCUT2D eigenvalue weighted by atomic mass is 16.5. The normalized spacial score (nSPS) is 17.3. The second-order valence-electron chi connectivity index (χ2n) is 5.17. The maximum Gasteiger partial charge on any atom is 0.124 e. The van der Waals surface area contributed by atoms with Crippen LogP contribution >= 0.6 is 0 Å². The molecule has 0 atom stereocenters. The van der Waals surface area contributed by atoms with Crippen molar-refractivity contribution in [2.24, 2.45) is 0 Å². The molecule has 1 aliphatic heterocycles. The van der Waals surface area contributed by atoms with Gasteiger partial charge in [0.05, 0.1) is 0 Å². The minimum Gasteiger partial charge on any atom is -0.489 e. The van der Waals surface area contributed by atoms with E-state index in [1.165, 1.54) is 31.5 Å². The first kappa shape index (κ1) is 14.1. The first-order valence-corrected chi connectivity index (χ1v) is 7.03. The Hall–Kier alpha value is -1.32. The molecule has 0 amide bonds. The van der Waals surface area contributed by atoms with Crippen molar-refractivity contribution in [1.29, 1.82) is 0 Å². The Bertz CT molecular complexity index is 397. The summed E-state index contributed by atoms with van der Waals surface area (Å²) in [6.45, 7) is 7.50. The molecule has 0 saturated carbocycles. The van der Waals surface area contributed by atoms with Gasteiger partial charge in [0.15, 0.2) is 0 Å². The number of nitrogens with one attached hydrogen (secondary N) is 1. The average molecular weight is 260 g/mol. The molecule has 0 aliphatic carbocycles. The van der Waals surface area contributed by atoms with Gasteiger partial charge in [-0.1, -0.05) is 30.9 Å². The van der Waals surface area contributed by atoms with Crippen LogP contribution in [0.2, 0.25) is 0 Å². The van der Waals surface area contributed by atoms with E-state index in [2.05, 4.69) is 36.0 Å². The van der Waals surface area contributed by atoms with E-state index in [0.717, 1.165) is 12.3 Å². The van der Waals surface area contributed by atoms with Gasteiger partial charge < -0.3 is 15.0 Å². The maximum absolute atomic E-state index is 5.68. The molecule has 1 N–H and O–H groups in total. The van der Waals surface area contributed by atoms with Crippen molar-refractivity contribution in [3.63, 3.8) is 0 Å². The van der Waals surface area contributed by atoms with Crippen LogP contribution in [0, 0.1) is 0 Å². The predicted octanol–water partition coefficient (Wildman–Crippen LogP) is 2.44. The van der Waals surface area contributed by atoms with Gasteiger partial charge in [0, 0.05) is 18.2 Å². The van der Waals surface area contributed by atoms with Crippen molar-refractivity contribution in [1.82, 2.24) is 10.2 Å². The number of benzene rings is 1. The number of hydrogen-bond donors (Lipinski definition) is 1. The maximum atomic E-state index is 5.68. The Morgan fingerprint density at radius 1 is 1.37 bits per heavy atom. The summed E-state index contributed by atoms with van der Waals surface area (Å²) in [5, 5.41) is 3.64. The summed E-state index contributed by atoms with van der Waals surface area (Å²) in [7, 11) is 2.19. The van der Waals surface area contributed by atoms with Gasteiger partial charge >= 0.3 is 0 Å². The summed E-state index contributed by atoms with van der Waals surface area (Å²) < 4.78 is 5.68. The highest BCUT2D eigenvalue weighted by molar-refractivity contribution is 5.33. The average Bonchev–Trinajstić information content (AvgIpc) is 2.45. The van der Waals surface area contributed by atoms with Crippen LogP contribution in [0.1, 0.15) is 18.4 Å². The molecule has 104 valence electrons. The molecule has 19 heavy (non-hydrogen) atoms. The lowest BCUT2D eigenvalue weighted by molar-refractivity contribution is 0.233. The van der Waals surface area contributed by atoms with E-state index in [0.29, 0.717) is 12.6 Å². The lowest BCUT2D eigenvalue weighted by Gasteiger charge is -2.29. The summed E-state index contributed by atoms with van der Waals surface area (Å²) in [5.74, 6) is 0.961. The van der Waals surface area contributed by atoms with E-state index in [4.69, 9.17) is 4.74 Å². The molecule has 0 unspecified atom stereocenters. The Morgan fingerprint density at radius 2 is 2.11 bits per heavy atom. The summed E-state index contributed by atoms with van der Waals surface area (Å²) in [6, 6.07) is 8.85. The van der Waals surface area contributed by atoms with Crippen LogP contribution in [0.25, 0.3) is 0 Å². The zero-order chi connectivity index (χ0) is 13.5. The van der Waals surface area contributed by atoms with Crippen LogP contribution in [0.5, 0.6) is 5.75 Å². The third kappa shape index (κ3) is 4.37. The Morgan fingerprint density at radius 3 is 2.84 bits per heavy atom. The van der Waals surface area contributed by atoms with Crippen LogP contribution in [0.15, 0.2) is 36.9 Å². The molecule has 1 aromatic rings. The van der Waals surface area contributed by atoms with Crippen LogP contribution in [0.4, 0.5) is 0 Å². The van der Waals surface area contributed by atoms with Crippen molar-refractivity contribution in [3.05, 3.63) is 42.5 Å². The van der Waals surface area contributed by atoms with E-state index in [9.17, 15) is 0 Å². The van der Waals surface area contributed by atoms with E-state index < -0.39 is 0 Å². The molecular formula is C16H24N2O. The topological polar surface area (TPSA) is 24.5 Å². The monoisotopic (exact) mass is 260 g/mol. The van der Waals surface area contributed by atoms with Crippen molar-refractivity contribution in [2.45, 2.75) is 25.4 Å². The van der Waals surface area contributed by atoms with E-state index in [-0.39, 0.29) is 0 Å². The Kier molecular flexibility index (Phi) is 5.43. The third-order valence-electron chi connectivity index (χ3n) is 3.63. The number of rotatable bonds is 6. The van der Waals surface area contributed by atoms with Crippen LogP contribution < -0.4 is 10.1 Å². The highest BCUT2D eigenvalue weighted by Gasteiger charge is 2.16. The van der Waals surface area contributed by atoms with Crippen LogP contribution in [-0.2, 0) is 6.54 Å². The molecule has 3 heteroatoms. The number of nitrogens with zero attached hydrogens (tertiary/aromatic N) is 1. The van der Waals surface area contributed by atoms with Crippen molar-refractivity contribution in [2.75, 3.05) is 26.7 Å². The molecule has 0 spiro atoms. The predicted molar refractivity (Wildman–Crippen MR) is 79.5 cm³/mol. The number of ether oxygens (including phenoxy) is 1. The second kappa shape index (κ2) is 7.31. The van der Waals surface area contributed by atoms with Crippen molar-refractivity contribution in [3.8, 4) is 5.75 Å². The van der Waals surface area contributed by atoms with Crippen LogP contribution in [0.3, 0.4) is 0 Å². The zero-order valence-corrected chi connectivity index (χ0v) is 11.8. The Balaban J connectivity index is 1.86. The zero-order valence-electron chi connectivity index (χ0n) is 11.8. The fourth-order valence-electron chi connectivity index (χ4n) is 2.41. The van der Waals surface area contributed by atoms with E-state index in [1.54, 1.807) is 6.08 Å². The third-order valence-corrected chi connectivity index (χ3v) is 3.63. The largest absolute Gasteiger partial charge is 0.489 e. The summed E-state index contributed by atoms with van der Waals surface area (Å²) in [6.07, 6.45) is 4.24. The fraction of sp³-hybridized carbons (Fsp3) is 0.500. The lowest BCUT2D eigenvalue weighted by atomic mass is 10.1. The molecule has 0 radical (unpaired) electrons. The smallest absolute Gasteiger partial charge is 0.124 e. The molecule has 1 aromatic carbocycles. The molecule has 1 fully saturated rings. The van der Waals surface area contributed by atoms with Gasteiger partial charge in [-0.05, 0) is 39.0 Å². The van der Waals surface area contributed by atoms with Gasteiger partial charge in [-0.3, -0.25) is 0 Å². The Labute approximate surface area is 116 Å². The number of piperidine rings is 1. The summed E-state index contributed by atoms with van der Waals surface area (Å²) >= 11 is 0. The molecule has 0 aromatic heterocycles. The van der Waals surface area contributed by atoms with Gasteiger partial charge in [-0.25, -0.2) is 0 Å². The highest BCUT2D eigenvalue weighted by Crippen LogP contribution is 2.18. The fourth-order valence-corrected chi connectivity index (χ4v) is 2.41. The first-order chi connectivity index (χ1) is 9.29. The molecule has 1 heterocycles. The molecule has 2 rings (SSSR count).